The monoisotopic (exact) mass is 310 g/mol. The third-order valence-electron chi connectivity index (χ3n) is 3.21. The molecular weight excluding hydrogens is 288 g/mol. The van der Waals surface area contributed by atoms with Crippen molar-refractivity contribution < 1.29 is 30.3 Å². The molecule has 20 heavy (non-hydrogen) atoms. The summed E-state index contributed by atoms with van der Waals surface area (Å²) in [6.45, 7) is 0.816. The van der Waals surface area contributed by atoms with Crippen LogP contribution in [0.3, 0.4) is 0 Å². The number of rotatable bonds is 3. The Hall–Kier alpha value is -0.420. The van der Waals surface area contributed by atoms with Gasteiger partial charge in [0, 0.05) is 25.4 Å². The fourth-order valence-corrected chi connectivity index (χ4v) is 2.71. The lowest BCUT2D eigenvalue weighted by atomic mass is 9.94. The number of nitrogens with one attached hydrogen (secondary N) is 1. The lowest BCUT2D eigenvalue weighted by molar-refractivity contribution is -0.146. The van der Waals surface area contributed by atoms with Gasteiger partial charge < -0.3 is 30.8 Å². The SMILES string of the molecule is O=C1NCCS1.OCCN1C[C@H](O)[C@@H](O)[C@H](O)[C@H]1CO. The zero-order chi connectivity index (χ0) is 15.1. The second-order valence-corrected chi connectivity index (χ2v) is 5.65. The number of hydrogen-bond acceptors (Lipinski definition) is 8. The van der Waals surface area contributed by atoms with Crippen molar-refractivity contribution in [1.82, 2.24) is 10.2 Å². The molecule has 0 aromatic rings. The zero-order valence-electron chi connectivity index (χ0n) is 11.1. The van der Waals surface area contributed by atoms with Gasteiger partial charge >= 0.3 is 0 Å². The molecule has 9 heteroatoms. The first kappa shape index (κ1) is 17.6. The summed E-state index contributed by atoms with van der Waals surface area (Å²) in [5, 5.41) is 48.7. The summed E-state index contributed by atoms with van der Waals surface area (Å²) in [4.78, 5) is 11.7. The Morgan fingerprint density at radius 2 is 1.95 bits per heavy atom. The molecule has 2 aliphatic rings. The third-order valence-corrected chi connectivity index (χ3v) is 4.02. The molecular formula is C11H22N2O6S. The summed E-state index contributed by atoms with van der Waals surface area (Å²) in [6.07, 6.45) is -3.46. The fraction of sp³-hybridized carbons (Fsp3) is 0.909. The lowest BCUT2D eigenvalue weighted by Crippen LogP contribution is -2.62. The molecule has 0 radical (unpaired) electrons. The van der Waals surface area contributed by atoms with Gasteiger partial charge in [-0.2, -0.15) is 0 Å². The molecule has 0 unspecified atom stereocenters. The number of nitrogens with zero attached hydrogens (tertiary/aromatic N) is 1. The quantitative estimate of drug-likeness (QED) is 0.329. The van der Waals surface area contributed by atoms with Crippen molar-refractivity contribution in [2.75, 3.05) is 38.6 Å². The second kappa shape index (κ2) is 8.78. The minimum absolute atomic E-state index is 0.119. The van der Waals surface area contributed by atoms with Crippen molar-refractivity contribution in [3.63, 3.8) is 0 Å². The number of aliphatic hydroxyl groups is 5. The maximum absolute atomic E-state index is 10.1. The van der Waals surface area contributed by atoms with Crippen molar-refractivity contribution in [1.29, 1.82) is 0 Å². The van der Waals surface area contributed by atoms with Crippen molar-refractivity contribution in [2.45, 2.75) is 24.4 Å². The first-order valence-corrected chi connectivity index (χ1v) is 7.40. The fourth-order valence-electron chi connectivity index (χ4n) is 2.11. The van der Waals surface area contributed by atoms with E-state index in [9.17, 15) is 20.1 Å². The van der Waals surface area contributed by atoms with Crippen LogP contribution < -0.4 is 5.32 Å². The number of carbonyl (C=O) groups is 1. The summed E-state index contributed by atoms with van der Waals surface area (Å²) < 4.78 is 0. The Balaban J connectivity index is 0.000000276. The van der Waals surface area contributed by atoms with Crippen molar-refractivity contribution >= 4 is 17.0 Å². The number of carbonyl (C=O) groups excluding carboxylic acids is 1. The molecule has 0 aromatic carbocycles. The Morgan fingerprint density at radius 3 is 2.35 bits per heavy atom. The van der Waals surface area contributed by atoms with E-state index in [0.29, 0.717) is 0 Å². The van der Waals surface area contributed by atoms with Crippen LogP contribution >= 0.6 is 11.8 Å². The van der Waals surface area contributed by atoms with Gasteiger partial charge in [0.2, 0.25) is 0 Å². The molecule has 118 valence electrons. The van der Waals surface area contributed by atoms with Crippen LogP contribution in [-0.2, 0) is 0 Å². The number of thioether (sulfide) groups is 1. The van der Waals surface area contributed by atoms with E-state index >= 15 is 0 Å². The van der Waals surface area contributed by atoms with Crippen molar-refractivity contribution in [2.24, 2.45) is 0 Å². The van der Waals surface area contributed by atoms with E-state index in [1.165, 1.54) is 11.8 Å². The van der Waals surface area contributed by atoms with Gasteiger partial charge in [0.25, 0.3) is 5.24 Å². The number of aliphatic hydroxyl groups excluding tert-OH is 5. The Labute approximate surface area is 121 Å². The van der Waals surface area contributed by atoms with E-state index in [0.717, 1.165) is 12.3 Å². The lowest BCUT2D eigenvalue weighted by Gasteiger charge is -2.42. The minimum Gasteiger partial charge on any atom is -0.395 e. The molecule has 2 heterocycles. The van der Waals surface area contributed by atoms with Gasteiger partial charge in [-0.25, -0.2) is 0 Å². The highest BCUT2D eigenvalue weighted by atomic mass is 32.2. The van der Waals surface area contributed by atoms with Crippen molar-refractivity contribution in [3.05, 3.63) is 0 Å². The maximum atomic E-state index is 10.1. The van der Waals surface area contributed by atoms with Crippen LogP contribution in [0.25, 0.3) is 0 Å². The highest BCUT2D eigenvalue weighted by Crippen LogP contribution is 2.18. The number of likely N-dealkylation sites (tertiary alicyclic amines) is 1. The summed E-state index contributed by atoms with van der Waals surface area (Å²) >= 11 is 1.35. The molecule has 4 atom stereocenters. The van der Waals surface area contributed by atoms with Crippen LogP contribution in [0.15, 0.2) is 0 Å². The maximum Gasteiger partial charge on any atom is 0.279 e. The zero-order valence-corrected chi connectivity index (χ0v) is 11.9. The van der Waals surface area contributed by atoms with Gasteiger partial charge in [-0.1, -0.05) is 11.8 Å². The van der Waals surface area contributed by atoms with E-state index < -0.39 is 24.4 Å². The molecule has 0 aliphatic carbocycles. The van der Waals surface area contributed by atoms with Crippen molar-refractivity contribution in [3.8, 4) is 0 Å². The highest BCUT2D eigenvalue weighted by Gasteiger charge is 2.40. The van der Waals surface area contributed by atoms with Crippen LogP contribution in [0, 0.1) is 0 Å². The molecule has 2 aliphatic heterocycles. The van der Waals surface area contributed by atoms with Gasteiger partial charge in [0.05, 0.1) is 25.4 Å². The first-order chi connectivity index (χ1) is 9.51. The third kappa shape index (κ3) is 4.85. The van der Waals surface area contributed by atoms with Crippen LogP contribution in [0.2, 0.25) is 0 Å². The number of β-amino-alcohol motifs (C(OH)–C–C–N with tert-alkyl or cyclic N) is 2. The highest BCUT2D eigenvalue weighted by molar-refractivity contribution is 8.13. The molecule has 2 fully saturated rings. The Bertz CT molecular complexity index is 301. The molecule has 0 aromatic heterocycles. The van der Waals surface area contributed by atoms with Crippen LogP contribution in [0.4, 0.5) is 4.79 Å². The summed E-state index contributed by atoms with van der Waals surface area (Å²) in [5.74, 6) is 0.943. The molecule has 0 bridgehead atoms. The number of amides is 1. The molecule has 0 spiro atoms. The largest absolute Gasteiger partial charge is 0.395 e. The standard InChI is InChI=1S/C8H17NO5.C3H5NOS/c10-2-1-9-3-6(12)8(14)7(13)5(9)4-11;5-3-4-1-2-6-3/h5-8,10-14H,1-4H2;1-2H2,(H,4,5)/t5-,6+,7-,8-;/m1./s1. The molecule has 2 rings (SSSR count). The molecule has 8 nitrogen and oxygen atoms in total. The molecule has 2 saturated heterocycles. The van der Waals surface area contributed by atoms with E-state index in [1.54, 1.807) is 4.90 Å². The van der Waals surface area contributed by atoms with Crippen LogP contribution in [0.1, 0.15) is 0 Å². The number of hydrogen-bond donors (Lipinski definition) is 6. The Kier molecular flexibility index (Phi) is 7.74. The average Bonchev–Trinajstić information content (AvgIpc) is 2.89. The normalized spacial score (nSPS) is 34.4. The van der Waals surface area contributed by atoms with Gasteiger partial charge in [0.1, 0.15) is 12.2 Å². The van der Waals surface area contributed by atoms with E-state index in [2.05, 4.69) is 5.32 Å². The molecule has 0 saturated carbocycles. The van der Waals surface area contributed by atoms with E-state index in [-0.39, 0.29) is 31.5 Å². The van der Waals surface area contributed by atoms with Crippen LogP contribution in [0.5, 0.6) is 0 Å². The van der Waals surface area contributed by atoms with E-state index in [1.807, 2.05) is 0 Å². The van der Waals surface area contributed by atoms with Gasteiger partial charge in [0.15, 0.2) is 0 Å². The Morgan fingerprint density at radius 1 is 1.25 bits per heavy atom. The van der Waals surface area contributed by atoms with Gasteiger partial charge in [-0.15, -0.1) is 0 Å². The van der Waals surface area contributed by atoms with E-state index in [4.69, 9.17) is 10.2 Å². The second-order valence-electron chi connectivity index (χ2n) is 4.58. The first-order valence-electron chi connectivity index (χ1n) is 6.41. The summed E-state index contributed by atoms with van der Waals surface area (Å²) in [6, 6.07) is -0.624. The molecule has 6 N–H and O–H groups in total. The predicted molar refractivity (Wildman–Crippen MR) is 73.4 cm³/mol. The molecule has 1 amide bonds. The minimum atomic E-state index is -1.23. The van der Waals surface area contributed by atoms with Crippen LogP contribution in [-0.4, -0.2) is 98.6 Å². The summed E-state index contributed by atoms with van der Waals surface area (Å²) in [5.41, 5.74) is 0. The van der Waals surface area contributed by atoms with Gasteiger partial charge in [-0.05, 0) is 0 Å². The number of piperidine rings is 1. The average molecular weight is 310 g/mol. The topological polar surface area (TPSA) is 133 Å². The smallest absolute Gasteiger partial charge is 0.279 e. The van der Waals surface area contributed by atoms with Gasteiger partial charge in [-0.3, -0.25) is 9.69 Å². The summed E-state index contributed by atoms with van der Waals surface area (Å²) in [7, 11) is 0. The predicted octanol–water partition coefficient (Wildman–Crippen LogP) is -2.82.